The van der Waals surface area contributed by atoms with E-state index in [9.17, 15) is 4.79 Å². The van der Waals surface area contributed by atoms with Crippen molar-refractivity contribution in [2.45, 2.75) is 70.5 Å². The highest BCUT2D eigenvalue weighted by atomic mass is 32.2. The molecular formula is C14H28O2S. The van der Waals surface area contributed by atoms with Crippen LogP contribution in [0, 0.1) is 0 Å². The van der Waals surface area contributed by atoms with Crippen LogP contribution >= 0.6 is 11.8 Å². The van der Waals surface area contributed by atoms with Crippen molar-refractivity contribution >= 4 is 17.7 Å². The van der Waals surface area contributed by atoms with Gasteiger partial charge in [0.25, 0.3) is 0 Å². The topological polar surface area (TPSA) is 26.3 Å². The van der Waals surface area contributed by atoms with Gasteiger partial charge in [0.1, 0.15) is 0 Å². The quantitative estimate of drug-likeness (QED) is 0.406. The second-order valence-electron chi connectivity index (χ2n) is 4.58. The normalized spacial score (nSPS) is 12.4. The van der Waals surface area contributed by atoms with E-state index in [1.807, 2.05) is 11.8 Å². The van der Waals surface area contributed by atoms with Gasteiger partial charge in [-0.2, -0.15) is 11.8 Å². The molecule has 0 aliphatic heterocycles. The fourth-order valence-electron chi connectivity index (χ4n) is 1.72. The molecule has 17 heavy (non-hydrogen) atoms. The number of methoxy groups -OCH3 is 1. The molecule has 2 nitrogen and oxygen atoms in total. The summed E-state index contributed by atoms with van der Waals surface area (Å²) in [5.74, 6) is 1.08. The summed E-state index contributed by atoms with van der Waals surface area (Å²) in [6.07, 6.45) is 10.00. The number of carbonyl (C=O) groups excluding carboxylic acids is 1. The summed E-state index contributed by atoms with van der Waals surface area (Å²) in [5, 5.41) is 0.391. The number of thioether (sulfide) groups is 1. The molecule has 3 heteroatoms. The number of hydrogen-bond donors (Lipinski definition) is 0. The Kier molecular flexibility index (Phi) is 12.2. The molecule has 0 aromatic rings. The van der Waals surface area contributed by atoms with Gasteiger partial charge in [-0.05, 0) is 12.2 Å². The maximum Gasteiger partial charge on any atom is 0.306 e. The Hall–Kier alpha value is -0.180. The highest BCUT2D eigenvalue weighted by molar-refractivity contribution is 7.99. The third-order valence-corrected chi connectivity index (χ3v) is 4.09. The van der Waals surface area contributed by atoms with Crippen LogP contribution < -0.4 is 0 Å². The van der Waals surface area contributed by atoms with Crippen LogP contribution in [-0.4, -0.2) is 24.1 Å². The second kappa shape index (κ2) is 12.3. The van der Waals surface area contributed by atoms with Gasteiger partial charge in [-0.25, -0.2) is 0 Å². The molecule has 0 aliphatic rings. The number of esters is 1. The van der Waals surface area contributed by atoms with E-state index in [2.05, 4.69) is 18.6 Å². The highest BCUT2D eigenvalue weighted by Gasteiger charge is 2.08. The van der Waals surface area contributed by atoms with Crippen LogP contribution in [0.3, 0.4) is 0 Å². The smallest absolute Gasteiger partial charge is 0.306 e. The monoisotopic (exact) mass is 260 g/mol. The Bertz CT molecular complexity index is 183. The Morgan fingerprint density at radius 2 is 1.71 bits per heavy atom. The van der Waals surface area contributed by atoms with Crippen molar-refractivity contribution in [3.63, 3.8) is 0 Å². The SMILES string of the molecule is CCCCCCCCCSC(C)CC(=O)OC. The van der Waals surface area contributed by atoms with Crippen LogP contribution in [0.4, 0.5) is 0 Å². The molecule has 1 atom stereocenters. The fourth-order valence-corrected chi connectivity index (χ4v) is 2.75. The Labute approximate surface area is 111 Å². The first kappa shape index (κ1) is 16.8. The summed E-state index contributed by atoms with van der Waals surface area (Å²) in [4.78, 5) is 11.0. The van der Waals surface area contributed by atoms with Crippen molar-refractivity contribution in [1.29, 1.82) is 0 Å². The van der Waals surface area contributed by atoms with Crippen molar-refractivity contribution in [2.24, 2.45) is 0 Å². The lowest BCUT2D eigenvalue weighted by atomic mass is 10.1. The average Bonchev–Trinajstić information content (AvgIpc) is 2.32. The molecule has 0 N–H and O–H groups in total. The van der Waals surface area contributed by atoms with Crippen LogP contribution in [-0.2, 0) is 9.53 Å². The Balaban J connectivity index is 3.19. The molecule has 0 aliphatic carbocycles. The molecule has 102 valence electrons. The number of ether oxygens (including phenoxy) is 1. The summed E-state index contributed by atoms with van der Waals surface area (Å²) in [7, 11) is 1.45. The van der Waals surface area contributed by atoms with E-state index < -0.39 is 0 Å². The molecule has 0 aromatic carbocycles. The van der Waals surface area contributed by atoms with Crippen LogP contribution in [0.1, 0.15) is 65.2 Å². The minimum Gasteiger partial charge on any atom is -0.469 e. The van der Waals surface area contributed by atoms with E-state index in [-0.39, 0.29) is 5.97 Å². The van der Waals surface area contributed by atoms with Gasteiger partial charge < -0.3 is 4.74 Å². The predicted molar refractivity (Wildman–Crippen MR) is 76.5 cm³/mol. The molecule has 0 bridgehead atoms. The Morgan fingerprint density at radius 1 is 1.12 bits per heavy atom. The summed E-state index contributed by atoms with van der Waals surface area (Å²) in [6.45, 7) is 4.35. The maximum absolute atomic E-state index is 11.0. The van der Waals surface area contributed by atoms with E-state index in [4.69, 9.17) is 0 Å². The summed E-state index contributed by atoms with van der Waals surface area (Å²) >= 11 is 1.89. The van der Waals surface area contributed by atoms with E-state index in [1.165, 1.54) is 57.8 Å². The van der Waals surface area contributed by atoms with Crippen molar-refractivity contribution in [1.82, 2.24) is 0 Å². The summed E-state index contributed by atoms with van der Waals surface area (Å²) < 4.78 is 4.65. The zero-order valence-electron chi connectivity index (χ0n) is 11.7. The molecule has 0 radical (unpaired) electrons. The minimum absolute atomic E-state index is 0.0930. The number of carbonyl (C=O) groups is 1. The first-order valence-electron chi connectivity index (χ1n) is 6.89. The maximum atomic E-state index is 11.0. The van der Waals surface area contributed by atoms with Gasteiger partial charge in [-0.15, -0.1) is 0 Å². The van der Waals surface area contributed by atoms with Crippen LogP contribution in [0.15, 0.2) is 0 Å². The third kappa shape index (κ3) is 12.1. The highest BCUT2D eigenvalue weighted by Crippen LogP contribution is 2.17. The molecule has 0 amide bonds. The third-order valence-electron chi connectivity index (χ3n) is 2.83. The molecule has 0 saturated heterocycles. The van der Waals surface area contributed by atoms with Gasteiger partial charge >= 0.3 is 5.97 Å². The predicted octanol–water partition coefficient (Wildman–Crippen LogP) is 4.42. The molecule has 0 aromatic heterocycles. The average molecular weight is 260 g/mol. The zero-order chi connectivity index (χ0) is 12.9. The lowest BCUT2D eigenvalue weighted by Crippen LogP contribution is -2.09. The fraction of sp³-hybridized carbons (Fsp3) is 0.929. The van der Waals surface area contributed by atoms with Gasteiger partial charge in [0, 0.05) is 5.25 Å². The van der Waals surface area contributed by atoms with Gasteiger partial charge in [-0.3, -0.25) is 4.79 Å². The number of hydrogen-bond acceptors (Lipinski definition) is 3. The van der Waals surface area contributed by atoms with Gasteiger partial charge in [0.2, 0.25) is 0 Å². The standard InChI is InChI=1S/C14H28O2S/c1-4-5-6-7-8-9-10-11-17-13(2)12-14(15)16-3/h13H,4-12H2,1-3H3. The first-order chi connectivity index (χ1) is 8.20. The van der Waals surface area contributed by atoms with Crippen molar-refractivity contribution in [3.8, 4) is 0 Å². The second-order valence-corrected chi connectivity index (χ2v) is 6.13. The lowest BCUT2D eigenvalue weighted by Gasteiger charge is -2.09. The van der Waals surface area contributed by atoms with Crippen LogP contribution in [0.2, 0.25) is 0 Å². The van der Waals surface area contributed by atoms with E-state index >= 15 is 0 Å². The van der Waals surface area contributed by atoms with Gasteiger partial charge in [0.15, 0.2) is 0 Å². The summed E-state index contributed by atoms with van der Waals surface area (Å²) in [6, 6.07) is 0. The molecule has 0 heterocycles. The molecule has 1 unspecified atom stereocenters. The van der Waals surface area contributed by atoms with E-state index in [0.717, 1.165) is 0 Å². The summed E-state index contributed by atoms with van der Waals surface area (Å²) in [5.41, 5.74) is 0. The van der Waals surface area contributed by atoms with Crippen molar-refractivity contribution in [2.75, 3.05) is 12.9 Å². The molecule has 0 saturated carbocycles. The largest absolute Gasteiger partial charge is 0.469 e. The molecular weight excluding hydrogens is 232 g/mol. The van der Waals surface area contributed by atoms with Crippen LogP contribution in [0.5, 0.6) is 0 Å². The van der Waals surface area contributed by atoms with Crippen molar-refractivity contribution in [3.05, 3.63) is 0 Å². The van der Waals surface area contributed by atoms with Gasteiger partial charge in [0.05, 0.1) is 13.5 Å². The van der Waals surface area contributed by atoms with Gasteiger partial charge in [-0.1, -0.05) is 52.4 Å². The van der Waals surface area contributed by atoms with Crippen LogP contribution in [0.25, 0.3) is 0 Å². The molecule has 0 rings (SSSR count). The first-order valence-corrected chi connectivity index (χ1v) is 7.94. The lowest BCUT2D eigenvalue weighted by molar-refractivity contribution is -0.140. The zero-order valence-corrected chi connectivity index (χ0v) is 12.5. The Morgan fingerprint density at radius 3 is 2.29 bits per heavy atom. The molecule has 0 spiro atoms. The minimum atomic E-state index is -0.0930. The van der Waals surface area contributed by atoms with Crippen molar-refractivity contribution < 1.29 is 9.53 Å². The number of unbranched alkanes of at least 4 members (excludes halogenated alkanes) is 6. The van der Waals surface area contributed by atoms with E-state index in [0.29, 0.717) is 11.7 Å². The van der Waals surface area contributed by atoms with E-state index in [1.54, 1.807) is 0 Å². The molecule has 0 fully saturated rings. The number of rotatable bonds is 11.